The Kier molecular flexibility index (Phi) is 4.04. The summed E-state index contributed by atoms with van der Waals surface area (Å²) in [7, 11) is 0. The number of ether oxygens (including phenoxy) is 2. The molecule has 5 heteroatoms. The first-order chi connectivity index (χ1) is 7.64. The lowest BCUT2D eigenvalue weighted by Crippen LogP contribution is -2.58. The molecule has 0 aromatic carbocycles. The monoisotopic (exact) mass is 245 g/mol. The van der Waals surface area contributed by atoms with Crippen molar-refractivity contribution in [2.45, 2.75) is 51.9 Å². The molecule has 1 aliphatic rings. The van der Waals surface area contributed by atoms with Gasteiger partial charge in [-0.25, -0.2) is 4.79 Å². The molecule has 0 bridgehead atoms. The fraction of sp³-hybridized carbons (Fsp3) is 0.917. The zero-order valence-corrected chi connectivity index (χ0v) is 11.3. The van der Waals surface area contributed by atoms with Gasteiger partial charge in [0.05, 0.1) is 31.4 Å². The Labute approximate surface area is 103 Å². The van der Waals surface area contributed by atoms with Gasteiger partial charge in [0.15, 0.2) is 0 Å². The van der Waals surface area contributed by atoms with Crippen LogP contribution >= 0.6 is 0 Å². The molecule has 0 aromatic rings. The third kappa shape index (κ3) is 4.16. The molecule has 1 N–H and O–H groups in total. The number of hydrogen-bond donors (Lipinski definition) is 1. The van der Waals surface area contributed by atoms with Crippen molar-refractivity contribution < 1.29 is 19.4 Å². The summed E-state index contributed by atoms with van der Waals surface area (Å²) in [5.74, 6) is 0. The number of carbonyl (C=O) groups excluding carboxylic acids is 1. The highest BCUT2D eigenvalue weighted by Crippen LogP contribution is 2.22. The van der Waals surface area contributed by atoms with Gasteiger partial charge in [-0.2, -0.15) is 0 Å². The van der Waals surface area contributed by atoms with E-state index in [1.54, 1.807) is 4.90 Å². The van der Waals surface area contributed by atoms with Gasteiger partial charge in [0, 0.05) is 0 Å². The predicted octanol–water partition coefficient (Wildman–Crippen LogP) is 1.39. The van der Waals surface area contributed by atoms with E-state index in [2.05, 4.69) is 0 Å². The summed E-state index contributed by atoms with van der Waals surface area (Å²) in [4.78, 5) is 13.6. The first-order valence-corrected chi connectivity index (χ1v) is 5.89. The smallest absolute Gasteiger partial charge is 0.410 e. The van der Waals surface area contributed by atoms with E-state index < -0.39 is 17.3 Å². The molecule has 1 atom stereocenters. The van der Waals surface area contributed by atoms with Crippen molar-refractivity contribution in [1.82, 2.24) is 4.90 Å². The Morgan fingerprint density at radius 2 is 2.12 bits per heavy atom. The second-order valence-corrected chi connectivity index (χ2v) is 6.02. The highest BCUT2D eigenvalue weighted by molar-refractivity contribution is 5.68. The maximum atomic E-state index is 12.0. The maximum absolute atomic E-state index is 12.0. The molecule has 0 aliphatic carbocycles. The molecule has 0 aromatic heterocycles. The average molecular weight is 245 g/mol. The van der Waals surface area contributed by atoms with Crippen LogP contribution in [0.1, 0.15) is 34.6 Å². The van der Waals surface area contributed by atoms with Crippen LogP contribution in [-0.2, 0) is 9.47 Å². The van der Waals surface area contributed by atoms with Crippen molar-refractivity contribution in [2.75, 3.05) is 19.8 Å². The van der Waals surface area contributed by atoms with Gasteiger partial charge in [-0.15, -0.1) is 0 Å². The van der Waals surface area contributed by atoms with Crippen LogP contribution in [0.4, 0.5) is 4.79 Å². The molecule has 1 fully saturated rings. The van der Waals surface area contributed by atoms with Gasteiger partial charge < -0.3 is 14.6 Å². The number of carbonyl (C=O) groups is 1. The lowest BCUT2D eigenvalue weighted by atomic mass is 10.1. The number of nitrogens with zero attached hydrogens (tertiary/aromatic N) is 1. The van der Waals surface area contributed by atoms with Crippen LogP contribution in [0, 0.1) is 0 Å². The van der Waals surface area contributed by atoms with E-state index in [0.29, 0.717) is 13.2 Å². The summed E-state index contributed by atoms with van der Waals surface area (Å²) in [5, 5.41) is 9.25. The minimum absolute atomic E-state index is 0.116. The molecule has 0 saturated carbocycles. The fourth-order valence-electron chi connectivity index (χ4n) is 1.68. The predicted molar refractivity (Wildman–Crippen MR) is 63.8 cm³/mol. The van der Waals surface area contributed by atoms with Gasteiger partial charge in [0.25, 0.3) is 0 Å². The van der Waals surface area contributed by atoms with Crippen molar-refractivity contribution in [2.24, 2.45) is 0 Å². The van der Waals surface area contributed by atoms with Crippen LogP contribution in [0.15, 0.2) is 0 Å². The largest absolute Gasteiger partial charge is 0.444 e. The van der Waals surface area contributed by atoms with Gasteiger partial charge in [0.2, 0.25) is 0 Å². The van der Waals surface area contributed by atoms with E-state index in [1.807, 2.05) is 34.6 Å². The lowest BCUT2D eigenvalue weighted by Gasteiger charge is -2.43. The minimum atomic E-state index is -0.528. The van der Waals surface area contributed by atoms with E-state index in [-0.39, 0.29) is 12.6 Å². The van der Waals surface area contributed by atoms with Gasteiger partial charge in [-0.3, -0.25) is 4.90 Å². The van der Waals surface area contributed by atoms with Crippen LogP contribution in [0.3, 0.4) is 0 Å². The normalized spacial score (nSPS) is 24.6. The number of aliphatic hydroxyl groups excluding tert-OH is 1. The quantitative estimate of drug-likeness (QED) is 0.758. The third-order valence-electron chi connectivity index (χ3n) is 2.50. The van der Waals surface area contributed by atoms with Gasteiger partial charge in [0.1, 0.15) is 5.60 Å². The SMILES string of the molecule is CC(C)(C)OC(=O)N1CC(C)(C)OC[C@H]1CO. The van der Waals surface area contributed by atoms with Crippen molar-refractivity contribution in [3.8, 4) is 0 Å². The summed E-state index contributed by atoms with van der Waals surface area (Å²) < 4.78 is 10.9. The summed E-state index contributed by atoms with van der Waals surface area (Å²) in [6, 6.07) is -0.321. The average Bonchev–Trinajstić information content (AvgIpc) is 2.13. The summed E-state index contributed by atoms with van der Waals surface area (Å²) in [6.45, 7) is 9.94. The van der Waals surface area contributed by atoms with Crippen molar-refractivity contribution in [3.05, 3.63) is 0 Å². The molecule has 100 valence electrons. The van der Waals surface area contributed by atoms with E-state index in [1.165, 1.54) is 0 Å². The Morgan fingerprint density at radius 3 is 2.59 bits per heavy atom. The van der Waals surface area contributed by atoms with Crippen LogP contribution in [0.25, 0.3) is 0 Å². The van der Waals surface area contributed by atoms with E-state index in [9.17, 15) is 9.90 Å². The van der Waals surface area contributed by atoms with Crippen LogP contribution in [0.5, 0.6) is 0 Å². The molecule has 1 heterocycles. The maximum Gasteiger partial charge on any atom is 0.410 e. The Bertz CT molecular complexity index is 283. The van der Waals surface area contributed by atoms with Gasteiger partial charge in [-0.1, -0.05) is 0 Å². The fourth-order valence-corrected chi connectivity index (χ4v) is 1.68. The molecule has 0 spiro atoms. The number of amides is 1. The molecule has 1 rings (SSSR count). The Balaban J connectivity index is 2.73. The molecule has 0 unspecified atom stereocenters. The highest BCUT2D eigenvalue weighted by atomic mass is 16.6. The summed E-state index contributed by atoms with van der Waals surface area (Å²) in [5.41, 5.74) is -0.928. The van der Waals surface area contributed by atoms with Crippen molar-refractivity contribution in [1.29, 1.82) is 0 Å². The minimum Gasteiger partial charge on any atom is -0.444 e. The van der Waals surface area contributed by atoms with E-state index >= 15 is 0 Å². The molecule has 1 aliphatic heterocycles. The number of hydrogen-bond acceptors (Lipinski definition) is 4. The van der Waals surface area contributed by atoms with Crippen LogP contribution in [0.2, 0.25) is 0 Å². The Morgan fingerprint density at radius 1 is 1.53 bits per heavy atom. The second-order valence-electron chi connectivity index (χ2n) is 6.02. The van der Waals surface area contributed by atoms with Gasteiger partial charge >= 0.3 is 6.09 Å². The number of aliphatic hydroxyl groups is 1. The Hall–Kier alpha value is -0.810. The van der Waals surface area contributed by atoms with E-state index in [4.69, 9.17) is 9.47 Å². The van der Waals surface area contributed by atoms with Crippen LogP contribution in [-0.4, -0.2) is 53.1 Å². The first-order valence-electron chi connectivity index (χ1n) is 5.89. The third-order valence-corrected chi connectivity index (χ3v) is 2.50. The summed E-state index contributed by atoms with van der Waals surface area (Å²) >= 11 is 0. The number of morpholine rings is 1. The molecule has 0 radical (unpaired) electrons. The molecular weight excluding hydrogens is 222 g/mol. The molecular formula is C12H23NO4. The highest BCUT2D eigenvalue weighted by Gasteiger charge is 2.38. The standard InChI is InChI=1S/C12H23NO4/c1-11(2,3)17-10(15)13-8-12(4,5)16-7-9(13)6-14/h9,14H,6-8H2,1-5H3/t9-/m1/s1. The number of rotatable bonds is 1. The second kappa shape index (κ2) is 4.82. The van der Waals surface area contributed by atoms with Crippen molar-refractivity contribution >= 4 is 6.09 Å². The zero-order valence-electron chi connectivity index (χ0n) is 11.3. The lowest BCUT2D eigenvalue weighted by molar-refractivity contribution is -0.121. The molecule has 17 heavy (non-hydrogen) atoms. The molecule has 1 amide bonds. The van der Waals surface area contributed by atoms with E-state index in [0.717, 1.165) is 0 Å². The molecule has 1 saturated heterocycles. The van der Waals surface area contributed by atoms with Gasteiger partial charge in [-0.05, 0) is 34.6 Å². The van der Waals surface area contributed by atoms with Crippen molar-refractivity contribution in [3.63, 3.8) is 0 Å². The summed E-state index contributed by atoms with van der Waals surface area (Å²) in [6.07, 6.45) is -0.395. The van der Waals surface area contributed by atoms with Crippen LogP contribution < -0.4 is 0 Å². The topological polar surface area (TPSA) is 59.0 Å². The molecule has 5 nitrogen and oxygen atoms in total. The first kappa shape index (κ1) is 14.3. The zero-order chi connectivity index (χ0) is 13.3.